The van der Waals surface area contributed by atoms with Gasteiger partial charge in [-0.1, -0.05) is 23.7 Å². The minimum absolute atomic E-state index is 0. The Morgan fingerprint density at radius 1 is 1.21 bits per heavy atom. The lowest BCUT2D eigenvalue weighted by Gasteiger charge is -2.26. The van der Waals surface area contributed by atoms with Crippen molar-refractivity contribution < 1.29 is 4.74 Å². The molecule has 1 unspecified atom stereocenters. The molecule has 1 saturated heterocycles. The maximum atomic E-state index is 6.02. The van der Waals surface area contributed by atoms with E-state index in [1.165, 1.54) is 5.56 Å². The maximum Gasteiger partial charge on any atom is 0.191 e. The predicted octanol–water partition coefficient (Wildman–Crippen LogP) is 2.84. The molecule has 8 heteroatoms. The first-order valence-corrected chi connectivity index (χ1v) is 10.2. The smallest absolute Gasteiger partial charge is 0.191 e. The number of nitrogens with zero attached hydrogens (tertiary/aromatic N) is 3. The fourth-order valence-corrected chi connectivity index (χ4v) is 3.23. The van der Waals surface area contributed by atoms with Crippen LogP contribution >= 0.6 is 35.6 Å². The first-order valence-electron chi connectivity index (χ1n) is 9.84. The van der Waals surface area contributed by atoms with Crippen LogP contribution in [0.1, 0.15) is 24.9 Å². The van der Waals surface area contributed by atoms with E-state index in [0.29, 0.717) is 6.54 Å². The van der Waals surface area contributed by atoms with Gasteiger partial charge in [0, 0.05) is 31.2 Å². The molecule has 2 N–H and O–H groups in total. The molecule has 0 aliphatic carbocycles. The summed E-state index contributed by atoms with van der Waals surface area (Å²) in [6.45, 7) is 9.43. The van der Waals surface area contributed by atoms with Crippen LogP contribution in [0, 0.1) is 0 Å². The van der Waals surface area contributed by atoms with E-state index in [9.17, 15) is 0 Å². The van der Waals surface area contributed by atoms with E-state index in [4.69, 9.17) is 21.3 Å². The van der Waals surface area contributed by atoms with Crippen molar-refractivity contribution in [3.05, 3.63) is 34.9 Å². The molecule has 0 aromatic heterocycles. The Labute approximate surface area is 192 Å². The van der Waals surface area contributed by atoms with Gasteiger partial charge in [-0.2, -0.15) is 0 Å². The Hall–Kier alpha value is -0.610. The summed E-state index contributed by atoms with van der Waals surface area (Å²) < 4.78 is 5.40. The Morgan fingerprint density at radius 3 is 2.50 bits per heavy atom. The summed E-state index contributed by atoms with van der Waals surface area (Å²) in [5.74, 6) is 0.875. The van der Waals surface area contributed by atoms with Crippen molar-refractivity contribution >= 4 is 41.5 Å². The second-order valence-electron chi connectivity index (χ2n) is 6.98. The van der Waals surface area contributed by atoms with Crippen LogP contribution in [-0.4, -0.2) is 82.3 Å². The van der Waals surface area contributed by atoms with Crippen LogP contribution in [0.5, 0.6) is 0 Å². The van der Waals surface area contributed by atoms with Crippen molar-refractivity contribution in [2.24, 2.45) is 4.99 Å². The molecule has 28 heavy (non-hydrogen) atoms. The van der Waals surface area contributed by atoms with Gasteiger partial charge in [0.05, 0.1) is 25.8 Å². The molecule has 0 radical (unpaired) electrons. The SMILES string of the molecule is CCNC(=NCC(c1ccc(Cl)cc1)N(C)C)NCCCN1CCOCC1.I. The lowest BCUT2D eigenvalue weighted by molar-refractivity contribution is 0.0376. The van der Waals surface area contributed by atoms with Crippen LogP contribution in [-0.2, 0) is 4.74 Å². The van der Waals surface area contributed by atoms with E-state index < -0.39 is 0 Å². The highest BCUT2D eigenvalue weighted by Crippen LogP contribution is 2.20. The molecule has 1 aliphatic heterocycles. The van der Waals surface area contributed by atoms with Gasteiger partial charge in [0.2, 0.25) is 0 Å². The summed E-state index contributed by atoms with van der Waals surface area (Å²) >= 11 is 6.02. The quantitative estimate of drug-likeness (QED) is 0.226. The number of hydrogen-bond acceptors (Lipinski definition) is 4. The number of aliphatic imine (C=N–C) groups is 1. The molecular formula is C20H35ClIN5O. The van der Waals surface area contributed by atoms with Gasteiger partial charge < -0.3 is 20.3 Å². The zero-order valence-electron chi connectivity index (χ0n) is 17.3. The van der Waals surface area contributed by atoms with Gasteiger partial charge in [0.15, 0.2) is 5.96 Å². The van der Waals surface area contributed by atoms with E-state index in [2.05, 4.69) is 53.6 Å². The number of rotatable bonds is 9. The number of halogens is 2. The predicted molar refractivity (Wildman–Crippen MR) is 129 cm³/mol. The summed E-state index contributed by atoms with van der Waals surface area (Å²) in [6, 6.07) is 8.24. The number of likely N-dealkylation sites (N-methyl/N-ethyl adjacent to an activating group) is 1. The average molecular weight is 524 g/mol. The number of guanidine groups is 1. The van der Waals surface area contributed by atoms with Crippen LogP contribution in [0.3, 0.4) is 0 Å². The third-order valence-electron chi connectivity index (χ3n) is 4.69. The summed E-state index contributed by atoms with van der Waals surface area (Å²) in [4.78, 5) is 9.45. The second kappa shape index (κ2) is 14.4. The molecule has 1 fully saturated rings. The Kier molecular flexibility index (Phi) is 13.1. The molecule has 160 valence electrons. The molecule has 0 spiro atoms. The van der Waals surface area contributed by atoms with Crippen molar-refractivity contribution in [3.63, 3.8) is 0 Å². The Bertz CT molecular complexity index is 564. The van der Waals surface area contributed by atoms with Gasteiger partial charge in [0.1, 0.15) is 0 Å². The number of nitrogens with one attached hydrogen (secondary N) is 2. The van der Waals surface area contributed by atoms with Gasteiger partial charge in [-0.25, -0.2) is 0 Å². The molecule has 1 aromatic carbocycles. The lowest BCUT2D eigenvalue weighted by Crippen LogP contribution is -2.41. The highest BCUT2D eigenvalue weighted by atomic mass is 127. The molecule has 0 saturated carbocycles. The second-order valence-corrected chi connectivity index (χ2v) is 7.42. The van der Waals surface area contributed by atoms with Crippen LogP contribution < -0.4 is 10.6 Å². The lowest BCUT2D eigenvalue weighted by atomic mass is 10.1. The third kappa shape index (κ3) is 9.26. The minimum Gasteiger partial charge on any atom is -0.379 e. The van der Waals surface area contributed by atoms with E-state index in [1.54, 1.807) is 0 Å². The molecule has 1 atom stereocenters. The first kappa shape index (κ1) is 25.4. The fraction of sp³-hybridized carbons (Fsp3) is 0.650. The van der Waals surface area contributed by atoms with E-state index in [1.807, 2.05) is 12.1 Å². The van der Waals surface area contributed by atoms with Crippen LogP contribution in [0.15, 0.2) is 29.3 Å². The molecule has 6 nitrogen and oxygen atoms in total. The summed E-state index contributed by atoms with van der Waals surface area (Å²) in [6.07, 6.45) is 1.10. The molecule has 0 amide bonds. The highest BCUT2D eigenvalue weighted by molar-refractivity contribution is 14.0. The average Bonchev–Trinajstić information content (AvgIpc) is 2.67. The Morgan fingerprint density at radius 2 is 1.89 bits per heavy atom. The van der Waals surface area contributed by atoms with Gasteiger partial charge in [-0.05, 0) is 51.7 Å². The number of ether oxygens (including phenoxy) is 1. The molecule has 1 heterocycles. The van der Waals surface area contributed by atoms with E-state index >= 15 is 0 Å². The highest BCUT2D eigenvalue weighted by Gasteiger charge is 2.14. The molecule has 2 rings (SSSR count). The zero-order valence-corrected chi connectivity index (χ0v) is 20.4. The maximum absolute atomic E-state index is 6.02. The van der Waals surface area contributed by atoms with E-state index in [-0.39, 0.29) is 30.0 Å². The number of morpholine rings is 1. The van der Waals surface area contributed by atoms with Crippen molar-refractivity contribution in [1.82, 2.24) is 20.4 Å². The van der Waals surface area contributed by atoms with Crippen molar-refractivity contribution in [2.45, 2.75) is 19.4 Å². The molecule has 1 aliphatic rings. The van der Waals surface area contributed by atoms with Crippen molar-refractivity contribution in [1.29, 1.82) is 0 Å². The Balaban J connectivity index is 0.00000392. The number of hydrogen-bond donors (Lipinski definition) is 2. The summed E-state index contributed by atoms with van der Waals surface area (Å²) in [5, 5.41) is 7.56. The summed E-state index contributed by atoms with van der Waals surface area (Å²) in [5.41, 5.74) is 1.22. The van der Waals surface area contributed by atoms with Gasteiger partial charge in [-0.3, -0.25) is 9.89 Å². The first-order chi connectivity index (χ1) is 13.1. The minimum atomic E-state index is 0. The largest absolute Gasteiger partial charge is 0.379 e. The summed E-state index contributed by atoms with van der Waals surface area (Å²) in [7, 11) is 4.16. The zero-order chi connectivity index (χ0) is 19.5. The topological polar surface area (TPSA) is 52.1 Å². The van der Waals surface area contributed by atoms with Crippen LogP contribution in [0.25, 0.3) is 0 Å². The number of benzene rings is 1. The normalized spacial score (nSPS) is 16.5. The van der Waals surface area contributed by atoms with E-state index in [0.717, 1.165) is 63.3 Å². The van der Waals surface area contributed by atoms with Crippen LogP contribution in [0.4, 0.5) is 0 Å². The molecule has 1 aromatic rings. The molecule has 0 bridgehead atoms. The van der Waals surface area contributed by atoms with Gasteiger partial charge >= 0.3 is 0 Å². The van der Waals surface area contributed by atoms with Gasteiger partial charge in [0.25, 0.3) is 0 Å². The monoisotopic (exact) mass is 523 g/mol. The van der Waals surface area contributed by atoms with Gasteiger partial charge in [-0.15, -0.1) is 24.0 Å². The molecular weight excluding hydrogens is 489 g/mol. The standard InChI is InChI=1S/C20H34ClN5O.HI/c1-4-22-20(23-10-5-11-26-12-14-27-15-13-26)24-16-19(25(2)3)17-6-8-18(21)9-7-17;/h6-9,19H,4-5,10-16H2,1-3H3,(H2,22,23,24);1H. The fourth-order valence-electron chi connectivity index (χ4n) is 3.11. The third-order valence-corrected chi connectivity index (χ3v) is 4.94. The van der Waals surface area contributed by atoms with Crippen LogP contribution in [0.2, 0.25) is 5.02 Å². The van der Waals surface area contributed by atoms with Crippen molar-refractivity contribution in [2.75, 3.05) is 66.6 Å². The van der Waals surface area contributed by atoms with Crippen molar-refractivity contribution in [3.8, 4) is 0 Å².